The van der Waals surface area contributed by atoms with Gasteiger partial charge in [-0.1, -0.05) is 29.7 Å². The molecule has 2 atom stereocenters. The standard InChI is InChI=1S/C30H33F3N7O2.Cd/c1-18-20-5-4-6-22(25(20)31)30(32,33)12-19-13-39(14-19)10-3-2-9-35-24(41)15-40-27-21(26(38-18)36-17-37-27)11-23(28(40)42)29(16-34)7-8-29;/h4-6,11,18-19,24,35,41H,2-3,7-10,12-15H2,1H3,(H,36,37,38);/q-1;/t18-,24?;/m1./s1. The van der Waals surface area contributed by atoms with Gasteiger partial charge in [0, 0.05) is 81.8 Å². The zero-order valence-corrected chi connectivity index (χ0v) is 28.1. The van der Waals surface area contributed by atoms with Crippen LogP contribution in [0.2, 0.25) is 0 Å². The minimum atomic E-state index is -3.33. The number of aliphatic hydroxyl groups excluding tert-OH is 1. The molecule has 43 heavy (non-hydrogen) atoms. The molecule has 13 heteroatoms. The van der Waals surface area contributed by atoms with Gasteiger partial charge in [-0.3, -0.25) is 10.1 Å². The van der Waals surface area contributed by atoms with E-state index in [0.29, 0.717) is 37.9 Å². The molecule has 1 saturated carbocycles. The molecule has 2 aromatic heterocycles. The van der Waals surface area contributed by atoms with Crippen LogP contribution >= 0.6 is 0 Å². The number of nitrogens with one attached hydrogen (secondary N) is 2. The Morgan fingerprint density at radius 3 is 2.65 bits per heavy atom. The van der Waals surface area contributed by atoms with Crippen LogP contribution in [0.3, 0.4) is 0 Å². The zero-order chi connectivity index (χ0) is 29.6. The monoisotopic (exact) mass is 694 g/mol. The third kappa shape index (κ3) is 6.18. The number of rotatable bonds is 1. The van der Waals surface area contributed by atoms with Crippen LogP contribution in [0.5, 0.6) is 0 Å². The molecule has 5 heterocycles. The maximum absolute atomic E-state index is 15.7. The first-order chi connectivity index (χ1) is 20.1. The summed E-state index contributed by atoms with van der Waals surface area (Å²) < 4.78 is 47.8. The molecule has 0 radical (unpaired) electrons. The van der Waals surface area contributed by atoms with E-state index >= 15 is 13.2 Å². The molecule has 1 aromatic carbocycles. The smallest absolute Gasteiger partial charge is 0.276 e. The first-order valence-electron chi connectivity index (χ1n) is 14.4. The van der Waals surface area contributed by atoms with Crippen LogP contribution in [0, 0.1) is 29.4 Å². The molecule has 0 spiro atoms. The average molecular weight is 693 g/mol. The molecule has 9 nitrogen and oxygen atoms in total. The fourth-order valence-electron chi connectivity index (χ4n) is 6.20. The SMILES string of the molecule is C[C@H]1Nc2n[c-]nc3c2cc(C2(C#N)CC2)c(=O)n3CC(O)NCCCCN2CC(C2)CC(F)(F)c2cccc1c2F.[Cd]. The Bertz CT molecular complexity index is 1600. The molecular weight excluding hydrogens is 660 g/mol. The molecule has 1 unspecified atom stereocenters. The Kier molecular flexibility index (Phi) is 9.18. The zero-order valence-electron chi connectivity index (χ0n) is 24.0. The van der Waals surface area contributed by atoms with E-state index in [-0.39, 0.29) is 62.4 Å². The Morgan fingerprint density at radius 1 is 1.16 bits per heavy atom. The van der Waals surface area contributed by atoms with Crippen LogP contribution < -0.4 is 16.2 Å². The van der Waals surface area contributed by atoms with Crippen molar-refractivity contribution >= 4 is 16.9 Å². The van der Waals surface area contributed by atoms with Crippen molar-refractivity contribution in [1.29, 1.82) is 5.26 Å². The fraction of sp³-hybridized carbons (Fsp3) is 0.533. The number of aliphatic hydroxyl groups is 1. The quantitative estimate of drug-likeness (QED) is 0.262. The van der Waals surface area contributed by atoms with E-state index in [4.69, 9.17) is 0 Å². The minimum absolute atomic E-state index is 0. The van der Waals surface area contributed by atoms with Crippen molar-refractivity contribution in [3.8, 4) is 6.07 Å². The second-order valence-corrected chi connectivity index (χ2v) is 11.9. The molecule has 8 bridgehead atoms. The van der Waals surface area contributed by atoms with Gasteiger partial charge in [0.1, 0.15) is 12.0 Å². The van der Waals surface area contributed by atoms with Gasteiger partial charge < -0.3 is 29.9 Å². The summed E-state index contributed by atoms with van der Waals surface area (Å²) in [6.07, 6.45) is 3.62. The predicted octanol–water partition coefficient (Wildman–Crippen LogP) is 3.57. The van der Waals surface area contributed by atoms with Crippen LogP contribution in [-0.2, 0) is 45.2 Å². The van der Waals surface area contributed by atoms with Gasteiger partial charge in [-0.25, -0.2) is 13.2 Å². The summed E-state index contributed by atoms with van der Waals surface area (Å²) in [6.45, 7) is 3.82. The van der Waals surface area contributed by atoms with Crippen LogP contribution in [0.25, 0.3) is 11.0 Å². The summed E-state index contributed by atoms with van der Waals surface area (Å²) in [4.78, 5) is 24.2. The van der Waals surface area contributed by atoms with Gasteiger partial charge in [0.25, 0.3) is 5.92 Å². The third-order valence-electron chi connectivity index (χ3n) is 8.77. The Balaban J connectivity index is 0.00000368. The van der Waals surface area contributed by atoms with Crippen molar-refractivity contribution in [3.05, 3.63) is 63.5 Å². The molecule has 3 aromatic rings. The van der Waals surface area contributed by atoms with E-state index in [1.807, 2.05) is 0 Å². The first kappa shape index (κ1) is 31.8. The molecule has 0 amide bonds. The fourth-order valence-corrected chi connectivity index (χ4v) is 6.20. The maximum Gasteiger partial charge on any atom is 0.276 e. The number of nitrogens with zero attached hydrogens (tertiary/aromatic N) is 5. The van der Waals surface area contributed by atoms with Gasteiger partial charge in [-0.2, -0.15) is 5.26 Å². The number of nitriles is 1. The van der Waals surface area contributed by atoms with Crippen molar-refractivity contribution < 1.29 is 45.6 Å². The molecule has 2 fully saturated rings. The number of benzene rings is 1. The van der Waals surface area contributed by atoms with Crippen LogP contribution in [-0.4, -0.2) is 56.9 Å². The Morgan fingerprint density at radius 2 is 1.93 bits per heavy atom. The van der Waals surface area contributed by atoms with Crippen molar-refractivity contribution in [1.82, 2.24) is 24.8 Å². The van der Waals surface area contributed by atoms with Gasteiger partial charge in [0.2, 0.25) is 5.56 Å². The van der Waals surface area contributed by atoms with Gasteiger partial charge in [0.05, 0.1) is 23.6 Å². The van der Waals surface area contributed by atoms with E-state index in [0.717, 1.165) is 25.5 Å². The van der Waals surface area contributed by atoms with Gasteiger partial charge in [-0.05, 0) is 51.6 Å². The van der Waals surface area contributed by atoms with Gasteiger partial charge in [-0.15, -0.1) is 0 Å². The summed E-state index contributed by atoms with van der Waals surface area (Å²) >= 11 is 0. The summed E-state index contributed by atoms with van der Waals surface area (Å²) in [5, 5.41) is 27.2. The van der Waals surface area contributed by atoms with Crippen molar-refractivity contribution in [2.45, 2.75) is 69.2 Å². The molecule has 3 aliphatic heterocycles. The normalized spacial score (nSPS) is 26.6. The van der Waals surface area contributed by atoms with E-state index in [2.05, 4.69) is 37.9 Å². The number of alkyl halides is 2. The van der Waals surface area contributed by atoms with E-state index < -0.39 is 47.0 Å². The molecule has 4 aliphatic rings. The van der Waals surface area contributed by atoms with Gasteiger partial charge >= 0.3 is 0 Å². The number of hydrogen-bond acceptors (Lipinski definition) is 8. The Hall–Kier alpha value is -2.61. The molecule has 1 saturated heterocycles. The van der Waals surface area contributed by atoms with Crippen molar-refractivity contribution in [2.75, 3.05) is 31.5 Å². The number of pyridine rings is 1. The molecule has 3 N–H and O–H groups in total. The summed E-state index contributed by atoms with van der Waals surface area (Å²) in [7, 11) is 0. The van der Waals surface area contributed by atoms with Crippen molar-refractivity contribution in [2.24, 2.45) is 5.92 Å². The third-order valence-corrected chi connectivity index (χ3v) is 8.77. The maximum atomic E-state index is 15.7. The summed E-state index contributed by atoms with van der Waals surface area (Å²) in [6, 6.07) is 7.07. The van der Waals surface area contributed by atoms with Crippen LogP contribution in [0.4, 0.5) is 19.0 Å². The van der Waals surface area contributed by atoms with Gasteiger partial charge in [0.15, 0.2) is 0 Å². The molecular formula is C30H33CdF3N7O2-. The second kappa shape index (κ2) is 12.4. The minimum Gasteiger partial charge on any atom is -0.415 e. The molecule has 7 rings (SSSR count). The number of hydrogen-bond donors (Lipinski definition) is 3. The van der Waals surface area contributed by atoms with E-state index in [1.165, 1.54) is 16.7 Å². The topological polar surface area (TPSA) is 119 Å². The van der Waals surface area contributed by atoms with Crippen LogP contribution in [0.15, 0.2) is 29.1 Å². The van der Waals surface area contributed by atoms with E-state index in [1.54, 1.807) is 13.0 Å². The van der Waals surface area contributed by atoms with Crippen molar-refractivity contribution in [3.63, 3.8) is 0 Å². The number of fused-ring (bicyclic) bond motifs is 8. The summed E-state index contributed by atoms with van der Waals surface area (Å²) in [5.74, 6) is -4.32. The number of halogens is 3. The largest absolute Gasteiger partial charge is 0.415 e. The molecule has 224 valence electrons. The summed E-state index contributed by atoms with van der Waals surface area (Å²) in [5.41, 5.74) is -1.50. The van der Waals surface area contributed by atoms with E-state index in [9.17, 15) is 15.2 Å². The number of anilines is 1. The molecule has 1 aliphatic carbocycles. The predicted molar refractivity (Wildman–Crippen MR) is 149 cm³/mol. The number of aromatic nitrogens is 3. The first-order valence-corrected chi connectivity index (χ1v) is 14.4. The average Bonchev–Trinajstić information content (AvgIpc) is 3.73. The second-order valence-electron chi connectivity index (χ2n) is 11.9. The van der Waals surface area contributed by atoms with Crippen LogP contribution in [0.1, 0.15) is 61.8 Å². The Labute approximate surface area is 267 Å².